The second-order valence-electron chi connectivity index (χ2n) is 0.447. The fraction of sp³-hybridized carbons (Fsp3) is 0. The standard InChI is InChI=1S/Ge.H3O4P.H2O/c;1-5(2,3)4;/h;(H3,1,2,3,4);1H2/q+3;;/p-3. The zero-order chi connectivity index (χ0) is 4.50. The van der Waals surface area contributed by atoms with Crippen LogP contribution in [0.15, 0.2) is 0 Å². The first-order valence-electron chi connectivity index (χ1n) is 0.730. The van der Waals surface area contributed by atoms with E-state index in [4.69, 9.17) is 19.2 Å². The van der Waals surface area contributed by atoms with Crippen LogP contribution in [0, 0.1) is 0 Å². The van der Waals surface area contributed by atoms with Crippen molar-refractivity contribution >= 4 is 25.4 Å². The molecule has 2 N–H and O–H groups in total. The third kappa shape index (κ3) is 375. The van der Waals surface area contributed by atoms with Crippen molar-refractivity contribution in [3.05, 3.63) is 0 Å². The molecule has 41 valence electrons. The fourth-order valence-corrected chi connectivity index (χ4v) is 0. The Bertz CT molecular complexity index is 54.2. The molecule has 7 heteroatoms. The van der Waals surface area contributed by atoms with Crippen LogP contribution in [0.4, 0.5) is 0 Å². The van der Waals surface area contributed by atoms with Crippen LogP contribution in [0.2, 0.25) is 0 Å². The van der Waals surface area contributed by atoms with Gasteiger partial charge in [-0.25, -0.2) is 0 Å². The van der Waals surface area contributed by atoms with Gasteiger partial charge in [-0.2, -0.15) is 7.82 Å². The van der Waals surface area contributed by atoms with Gasteiger partial charge in [-0.3, -0.25) is 0 Å². The second-order valence-corrected chi connectivity index (χ2v) is 1.34. The van der Waals surface area contributed by atoms with Crippen molar-refractivity contribution in [3.63, 3.8) is 0 Å². The Hall–Kier alpha value is 0.613. The van der Waals surface area contributed by atoms with E-state index in [1.54, 1.807) is 0 Å². The summed E-state index contributed by atoms with van der Waals surface area (Å²) in [7, 11) is -5.39. The molecule has 0 aliphatic heterocycles. The molecule has 7 heavy (non-hydrogen) atoms. The van der Waals surface area contributed by atoms with Gasteiger partial charge in [0.25, 0.3) is 0 Å². The van der Waals surface area contributed by atoms with Crippen molar-refractivity contribution in [1.29, 1.82) is 0 Å². The monoisotopic (exact) mass is 187 g/mol. The summed E-state index contributed by atoms with van der Waals surface area (Å²) in [4.78, 5) is 25.6. The summed E-state index contributed by atoms with van der Waals surface area (Å²) in [5.41, 5.74) is 0. The predicted molar refractivity (Wildman–Crippen MR) is 17.0 cm³/mol. The Morgan fingerprint density at radius 1 is 1.14 bits per heavy atom. The number of phosphoric acid groups is 1. The van der Waals surface area contributed by atoms with E-state index >= 15 is 0 Å². The van der Waals surface area contributed by atoms with Crippen molar-refractivity contribution in [1.82, 2.24) is 0 Å². The van der Waals surface area contributed by atoms with Gasteiger partial charge in [-0.15, -0.1) is 0 Å². The summed E-state index contributed by atoms with van der Waals surface area (Å²) in [6.45, 7) is 0. The zero-order valence-electron chi connectivity index (χ0n) is 3.08. The molecule has 0 rings (SSSR count). The SMILES string of the molecule is O.O=P([O-])([O-])[O-].[Ge+3]. The number of hydrogen-bond donors (Lipinski definition) is 0. The van der Waals surface area contributed by atoms with Crippen LogP contribution in [0.25, 0.3) is 0 Å². The van der Waals surface area contributed by atoms with E-state index in [-0.39, 0.29) is 23.1 Å². The molecule has 0 bridgehead atoms. The van der Waals surface area contributed by atoms with E-state index in [1.807, 2.05) is 0 Å². The van der Waals surface area contributed by atoms with Gasteiger partial charge < -0.3 is 24.7 Å². The van der Waals surface area contributed by atoms with Crippen LogP contribution >= 0.6 is 7.82 Å². The molecule has 5 nitrogen and oxygen atoms in total. The van der Waals surface area contributed by atoms with Crippen molar-refractivity contribution in [2.24, 2.45) is 0 Å². The molecule has 0 aromatic carbocycles. The van der Waals surface area contributed by atoms with Gasteiger partial charge in [0.1, 0.15) is 0 Å². The van der Waals surface area contributed by atoms with Gasteiger partial charge in [-0.05, 0) is 0 Å². The summed E-state index contributed by atoms with van der Waals surface area (Å²) in [6.07, 6.45) is 0. The first-order chi connectivity index (χ1) is 2.00. The maximum atomic E-state index is 8.55. The van der Waals surface area contributed by atoms with E-state index in [1.165, 1.54) is 0 Å². The van der Waals surface area contributed by atoms with Crippen LogP contribution in [-0.4, -0.2) is 23.1 Å². The minimum Gasteiger partial charge on any atom is -0.822 e. The van der Waals surface area contributed by atoms with E-state index < -0.39 is 7.82 Å². The second kappa shape index (κ2) is 4.76. The Labute approximate surface area is 50.9 Å². The van der Waals surface area contributed by atoms with E-state index in [2.05, 4.69) is 0 Å². The molecule has 0 amide bonds. The van der Waals surface area contributed by atoms with Gasteiger partial charge in [-0.1, -0.05) is 0 Å². The number of rotatable bonds is 0. The molecule has 0 saturated heterocycles. The summed E-state index contributed by atoms with van der Waals surface area (Å²) in [6, 6.07) is 0. The molecular weight excluding hydrogens is 184 g/mol. The Kier molecular flexibility index (Phi) is 10.6. The average Bonchev–Trinajstić information content (AvgIpc) is 0.722. The first kappa shape index (κ1) is 15.6. The maximum absolute atomic E-state index is 8.55. The molecule has 0 aliphatic carbocycles. The van der Waals surface area contributed by atoms with Crippen LogP contribution in [-0.2, 0) is 4.57 Å². The van der Waals surface area contributed by atoms with Gasteiger partial charge >= 0.3 is 17.6 Å². The number of hydrogen-bond acceptors (Lipinski definition) is 4. The van der Waals surface area contributed by atoms with E-state index in [9.17, 15) is 0 Å². The zero-order valence-corrected chi connectivity index (χ0v) is 6.07. The van der Waals surface area contributed by atoms with Crippen molar-refractivity contribution in [2.75, 3.05) is 0 Å². The van der Waals surface area contributed by atoms with Crippen molar-refractivity contribution < 1.29 is 24.7 Å². The molecule has 0 aromatic heterocycles. The Morgan fingerprint density at radius 3 is 1.14 bits per heavy atom. The minimum atomic E-state index is -5.39. The topological polar surface area (TPSA) is 118 Å². The fourth-order valence-electron chi connectivity index (χ4n) is 0. The molecule has 0 atom stereocenters. The maximum Gasteiger partial charge on any atom is 3.00 e. The molecule has 0 spiro atoms. The molecule has 0 fully saturated rings. The molecule has 0 heterocycles. The summed E-state index contributed by atoms with van der Waals surface area (Å²) in [5.74, 6) is 0. The quantitative estimate of drug-likeness (QED) is 0.282. The van der Waals surface area contributed by atoms with Crippen LogP contribution in [0.1, 0.15) is 0 Å². The van der Waals surface area contributed by atoms with E-state index in [0.29, 0.717) is 0 Å². The van der Waals surface area contributed by atoms with Crippen molar-refractivity contribution in [3.8, 4) is 0 Å². The largest absolute Gasteiger partial charge is 3.00 e. The average molecular weight is 186 g/mol. The van der Waals surface area contributed by atoms with E-state index in [0.717, 1.165) is 0 Å². The van der Waals surface area contributed by atoms with Crippen LogP contribution in [0.3, 0.4) is 0 Å². The van der Waals surface area contributed by atoms with Gasteiger partial charge in [0.05, 0.1) is 0 Å². The molecule has 0 unspecified atom stereocenters. The van der Waals surface area contributed by atoms with Crippen LogP contribution < -0.4 is 14.7 Å². The summed E-state index contributed by atoms with van der Waals surface area (Å²) in [5, 5.41) is 0. The Balaban J connectivity index is -0.0000000800. The van der Waals surface area contributed by atoms with Gasteiger partial charge in [0.15, 0.2) is 0 Å². The van der Waals surface area contributed by atoms with Gasteiger partial charge in [0, 0.05) is 0 Å². The summed E-state index contributed by atoms with van der Waals surface area (Å²) >= 11 is 0. The third-order valence-corrected chi connectivity index (χ3v) is 0. The molecule has 0 aromatic rings. The summed E-state index contributed by atoms with van der Waals surface area (Å²) < 4.78 is 8.55. The minimum absolute atomic E-state index is 0. The molecule has 0 saturated carbocycles. The Morgan fingerprint density at radius 2 is 1.14 bits per heavy atom. The molecule has 1 radical (unpaired) electrons. The van der Waals surface area contributed by atoms with Crippen LogP contribution in [0.5, 0.6) is 0 Å². The smallest absolute Gasteiger partial charge is 0.822 e. The van der Waals surface area contributed by atoms with Gasteiger partial charge in [0.2, 0.25) is 0 Å². The molecular formula is H2GeO5P. The first-order valence-corrected chi connectivity index (χ1v) is 2.19. The van der Waals surface area contributed by atoms with Crippen molar-refractivity contribution in [2.45, 2.75) is 0 Å². The normalized spacial score (nSPS) is 8.43. The third-order valence-electron chi connectivity index (χ3n) is 0. The predicted octanol–water partition coefficient (Wildman–Crippen LogP) is -4.03. The molecule has 0 aliphatic rings.